The number of ketones is 1. The second-order valence-corrected chi connectivity index (χ2v) is 5.33. The highest BCUT2D eigenvalue weighted by Gasteiger charge is 2.21. The monoisotopic (exact) mass is 288 g/mol. The van der Waals surface area contributed by atoms with Gasteiger partial charge in [-0.3, -0.25) is 0 Å². The summed E-state index contributed by atoms with van der Waals surface area (Å²) in [6.45, 7) is 7.71. The number of esters is 1. The molecule has 1 rings (SSSR count). The summed E-state index contributed by atoms with van der Waals surface area (Å²) in [6.07, 6.45) is 3.16. The predicted octanol–water partition coefficient (Wildman–Crippen LogP) is 4.07. The largest absolute Gasteiger partial charge is 0.457 e. The molecule has 0 heterocycles. The second kappa shape index (κ2) is 9.11. The van der Waals surface area contributed by atoms with Crippen molar-refractivity contribution in [3.8, 4) is 0 Å². The standard InChI is InChI=1S/C18H24O3/c1-4-5-11-17(12-14(2)19)15(3)18(20)21-13-16-9-7-6-8-10-16/h6-10,17H,3-5,11-13H2,1-2H3/t17-/m1/s1. The Hall–Kier alpha value is -1.90. The van der Waals surface area contributed by atoms with E-state index in [1.807, 2.05) is 30.3 Å². The van der Waals surface area contributed by atoms with Gasteiger partial charge in [0.05, 0.1) is 0 Å². The van der Waals surface area contributed by atoms with E-state index in [0.29, 0.717) is 12.0 Å². The molecule has 114 valence electrons. The lowest BCUT2D eigenvalue weighted by Gasteiger charge is -2.17. The first-order valence-corrected chi connectivity index (χ1v) is 7.43. The molecule has 0 amide bonds. The number of unbranched alkanes of at least 4 members (excludes halogenated alkanes) is 1. The predicted molar refractivity (Wildman–Crippen MR) is 83.7 cm³/mol. The second-order valence-electron chi connectivity index (χ2n) is 5.33. The molecular formula is C18H24O3. The molecule has 0 fully saturated rings. The molecule has 1 aromatic rings. The maximum atomic E-state index is 12.1. The zero-order valence-corrected chi connectivity index (χ0v) is 12.9. The molecule has 0 radical (unpaired) electrons. The number of hydrogen-bond acceptors (Lipinski definition) is 3. The van der Waals surface area contributed by atoms with E-state index in [0.717, 1.165) is 24.8 Å². The van der Waals surface area contributed by atoms with Crippen molar-refractivity contribution in [3.63, 3.8) is 0 Å². The quantitative estimate of drug-likeness (QED) is 0.508. The first kappa shape index (κ1) is 17.2. The molecular weight excluding hydrogens is 264 g/mol. The van der Waals surface area contributed by atoms with Crippen molar-refractivity contribution in [2.45, 2.75) is 46.1 Å². The summed E-state index contributed by atoms with van der Waals surface area (Å²) in [5.41, 5.74) is 1.35. The summed E-state index contributed by atoms with van der Waals surface area (Å²) in [5, 5.41) is 0. The Kier molecular flexibility index (Phi) is 7.44. The fourth-order valence-corrected chi connectivity index (χ4v) is 2.18. The number of rotatable bonds is 9. The topological polar surface area (TPSA) is 43.4 Å². The maximum Gasteiger partial charge on any atom is 0.334 e. The molecule has 0 saturated carbocycles. The van der Waals surface area contributed by atoms with Crippen molar-refractivity contribution in [2.75, 3.05) is 0 Å². The number of benzene rings is 1. The van der Waals surface area contributed by atoms with Crippen LogP contribution in [-0.4, -0.2) is 11.8 Å². The first-order valence-electron chi connectivity index (χ1n) is 7.43. The Labute approximate surface area is 127 Å². The molecule has 1 atom stereocenters. The number of carbonyl (C=O) groups excluding carboxylic acids is 2. The van der Waals surface area contributed by atoms with E-state index in [-0.39, 0.29) is 18.3 Å². The Morgan fingerprint density at radius 1 is 1.24 bits per heavy atom. The third-order valence-electron chi connectivity index (χ3n) is 3.41. The molecule has 0 unspecified atom stereocenters. The van der Waals surface area contributed by atoms with Crippen molar-refractivity contribution in [2.24, 2.45) is 5.92 Å². The van der Waals surface area contributed by atoms with Crippen LogP contribution in [0.2, 0.25) is 0 Å². The van der Waals surface area contributed by atoms with Gasteiger partial charge in [0.25, 0.3) is 0 Å². The molecule has 21 heavy (non-hydrogen) atoms. The zero-order chi connectivity index (χ0) is 15.7. The van der Waals surface area contributed by atoms with Crippen LogP contribution in [0.15, 0.2) is 42.5 Å². The van der Waals surface area contributed by atoms with E-state index in [1.165, 1.54) is 0 Å². The molecule has 0 spiro atoms. The average Bonchev–Trinajstić information content (AvgIpc) is 2.49. The normalized spacial score (nSPS) is 11.7. The molecule has 1 aromatic carbocycles. The highest BCUT2D eigenvalue weighted by atomic mass is 16.5. The molecule has 3 heteroatoms. The number of hydrogen-bond donors (Lipinski definition) is 0. The van der Waals surface area contributed by atoms with Crippen LogP contribution in [0, 0.1) is 5.92 Å². The molecule has 0 bridgehead atoms. The number of Topliss-reactive ketones (excluding diaryl/α,β-unsaturated/α-hetero) is 1. The maximum absolute atomic E-state index is 12.1. The highest BCUT2D eigenvalue weighted by molar-refractivity contribution is 5.89. The molecule has 0 N–H and O–H groups in total. The van der Waals surface area contributed by atoms with E-state index >= 15 is 0 Å². The first-order chi connectivity index (χ1) is 10.0. The lowest BCUT2D eigenvalue weighted by molar-refractivity contribution is -0.141. The van der Waals surface area contributed by atoms with Gasteiger partial charge in [0.15, 0.2) is 0 Å². The van der Waals surface area contributed by atoms with E-state index in [9.17, 15) is 9.59 Å². The Bertz CT molecular complexity index is 476. The van der Waals surface area contributed by atoms with Crippen LogP contribution >= 0.6 is 0 Å². The van der Waals surface area contributed by atoms with Crippen LogP contribution in [0.25, 0.3) is 0 Å². The summed E-state index contributed by atoms with van der Waals surface area (Å²) in [7, 11) is 0. The minimum atomic E-state index is -0.402. The minimum Gasteiger partial charge on any atom is -0.457 e. The van der Waals surface area contributed by atoms with E-state index in [1.54, 1.807) is 6.92 Å². The summed E-state index contributed by atoms with van der Waals surface area (Å²) >= 11 is 0. The van der Waals surface area contributed by atoms with Crippen LogP contribution in [0.5, 0.6) is 0 Å². The van der Waals surface area contributed by atoms with Gasteiger partial charge < -0.3 is 9.53 Å². The van der Waals surface area contributed by atoms with Crippen LogP contribution in [0.1, 0.15) is 45.1 Å². The van der Waals surface area contributed by atoms with Crippen LogP contribution in [0.3, 0.4) is 0 Å². The lowest BCUT2D eigenvalue weighted by atomic mass is 9.90. The van der Waals surface area contributed by atoms with Crippen molar-refractivity contribution < 1.29 is 14.3 Å². The molecule has 0 aliphatic carbocycles. The van der Waals surface area contributed by atoms with Gasteiger partial charge in [0, 0.05) is 12.0 Å². The summed E-state index contributed by atoms with van der Waals surface area (Å²) in [5.74, 6) is -0.431. The Balaban J connectivity index is 2.56. The minimum absolute atomic E-state index is 0.0770. The molecule has 0 saturated heterocycles. The summed E-state index contributed by atoms with van der Waals surface area (Å²) in [4.78, 5) is 23.4. The van der Waals surface area contributed by atoms with Crippen molar-refractivity contribution in [3.05, 3.63) is 48.0 Å². The van der Waals surface area contributed by atoms with Gasteiger partial charge >= 0.3 is 5.97 Å². The average molecular weight is 288 g/mol. The van der Waals surface area contributed by atoms with Gasteiger partial charge in [-0.1, -0.05) is 56.7 Å². The Morgan fingerprint density at radius 2 is 1.90 bits per heavy atom. The van der Waals surface area contributed by atoms with Gasteiger partial charge in [-0.15, -0.1) is 0 Å². The Morgan fingerprint density at radius 3 is 2.48 bits per heavy atom. The van der Waals surface area contributed by atoms with Gasteiger partial charge in [0.1, 0.15) is 12.4 Å². The number of carbonyl (C=O) groups is 2. The lowest BCUT2D eigenvalue weighted by Crippen LogP contribution is -2.17. The smallest absolute Gasteiger partial charge is 0.334 e. The van der Waals surface area contributed by atoms with Crippen molar-refractivity contribution in [1.29, 1.82) is 0 Å². The fourth-order valence-electron chi connectivity index (χ4n) is 2.18. The van der Waals surface area contributed by atoms with Crippen molar-refractivity contribution >= 4 is 11.8 Å². The van der Waals surface area contributed by atoms with Gasteiger partial charge in [-0.25, -0.2) is 4.79 Å². The molecule has 0 aliphatic rings. The van der Waals surface area contributed by atoms with Gasteiger partial charge in [0.2, 0.25) is 0 Å². The fraction of sp³-hybridized carbons (Fsp3) is 0.444. The van der Waals surface area contributed by atoms with Crippen molar-refractivity contribution in [1.82, 2.24) is 0 Å². The highest BCUT2D eigenvalue weighted by Crippen LogP contribution is 2.22. The SMILES string of the molecule is C=C(C(=O)OCc1ccccc1)[C@H](CCCC)CC(C)=O. The summed E-state index contributed by atoms with van der Waals surface area (Å²) in [6, 6.07) is 9.52. The molecule has 0 aliphatic heterocycles. The van der Waals surface area contributed by atoms with E-state index in [2.05, 4.69) is 13.5 Å². The molecule has 3 nitrogen and oxygen atoms in total. The zero-order valence-electron chi connectivity index (χ0n) is 12.9. The van der Waals surface area contributed by atoms with Gasteiger partial charge in [-0.2, -0.15) is 0 Å². The van der Waals surface area contributed by atoms with Crippen LogP contribution in [0.4, 0.5) is 0 Å². The van der Waals surface area contributed by atoms with Crippen LogP contribution < -0.4 is 0 Å². The van der Waals surface area contributed by atoms with E-state index < -0.39 is 5.97 Å². The number of ether oxygens (including phenoxy) is 1. The van der Waals surface area contributed by atoms with E-state index in [4.69, 9.17) is 4.74 Å². The summed E-state index contributed by atoms with van der Waals surface area (Å²) < 4.78 is 5.28. The third-order valence-corrected chi connectivity index (χ3v) is 3.41. The van der Waals surface area contributed by atoms with Gasteiger partial charge in [-0.05, 0) is 24.8 Å². The van der Waals surface area contributed by atoms with Crippen LogP contribution in [-0.2, 0) is 20.9 Å². The molecule has 0 aromatic heterocycles. The third kappa shape index (κ3) is 6.39.